The maximum Gasteiger partial charge on any atom is 0.231 e. The minimum atomic E-state index is -0.587. The summed E-state index contributed by atoms with van der Waals surface area (Å²) in [4.78, 5) is 2.20. The average Bonchev–Trinajstić information content (AvgIpc) is 3.20. The molecule has 7 nitrogen and oxygen atoms in total. The molecule has 2 atom stereocenters. The summed E-state index contributed by atoms with van der Waals surface area (Å²) >= 11 is 0. The van der Waals surface area contributed by atoms with E-state index < -0.39 is 6.10 Å². The van der Waals surface area contributed by atoms with Crippen molar-refractivity contribution in [1.82, 2.24) is 4.90 Å². The van der Waals surface area contributed by atoms with Gasteiger partial charge < -0.3 is 28.8 Å². The Bertz CT molecular complexity index is 827. The van der Waals surface area contributed by atoms with Crippen LogP contribution in [-0.4, -0.2) is 56.3 Å². The zero-order valence-electron chi connectivity index (χ0n) is 16.1. The molecule has 0 radical (unpaired) electrons. The third kappa shape index (κ3) is 3.81. The molecule has 0 aliphatic carbocycles. The molecule has 2 heterocycles. The molecular weight excluding hydrogens is 362 g/mol. The number of hydrogen-bond acceptors (Lipinski definition) is 7. The first-order valence-corrected chi connectivity index (χ1v) is 9.34. The molecule has 150 valence electrons. The monoisotopic (exact) mass is 387 g/mol. The lowest BCUT2D eigenvalue weighted by Crippen LogP contribution is -2.48. The highest BCUT2D eigenvalue weighted by atomic mass is 16.7. The lowest BCUT2D eigenvalue weighted by atomic mass is 10.0. The van der Waals surface area contributed by atoms with E-state index >= 15 is 0 Å². The molecule has 2 aromatic rings. The van der Waals surface area contributed by atoms with E-state index in [9.17, 15) is 5.11 Å². The molecule has 1 N–H and O–H groups in total. The molecule has 7 heteroatoms. The van der Waals surface area contributed by atoms with E-state index in [1.165, 1.54) is 0 Å². The molecule has 2 aromatic carbocycles. The summed E-state index contributed by atoms with van der Waals surface area (Å²) in [6, 6.07) is 11.3. The van der Waals surface area contributed by atoms with Gasteiger partial charge in [0.15, 0.2) is 23.0 Å². The fourth-order valence-electron chi connectivity index (χ4n) is 3.68. The van der Waals surface area contributed by atoms with Crippen molar-refractivity contribution >= 4 is 0 Å². The summed E-state index contributed by atoms with van der Waals surface area (Å²) in [7, 11) is 3.18. The van der Waals surface area contributed by atoms with Crippen molar-refractivity contribution in [3.05, 3.63) is 42.0 Å². The predicted octanol–water partition coefficient (Wildman–Crippen LogP) is 2.45. The van der Waals surface area contributed by atoms with Gasteiger partial charge in [0, 0.05) is 31.3 Å². The lowest BCUT2D eigenvalue weighted by Gasteiger charge is -2.36. The van der Waals surface area contributed by atoms with Crippen molar-refractivity contribution in [1.29, 1.82) is 0 Å². The molecule has 0 saturated carbocycles. The van der Waals surface area contributed by atoms with Gasteiger partial charge >= 0.3 is 0 Å². The van der Waals surface area contributed by atoms with Crippen LogP contribution in [0.2, 0.25) is 0 Å². The number of aliphatic hydroxyl groups excluding tert-OH is 1. The van der Waals surface area contributed by atoms with E-state index in [4.69, 9.17) is 23.7 Å². The minimum Gasteiger partial charge on any atom is -0.493 e. The number of para-hydroxylation sites is 1. The lowest BCUT2D eigenvalue weighted by molar-refractivity contribution is -0.0277. The largest absolute Gasteiger partial charge is 0.493 e. The van der Waals surface area contributed by atoms with Gasteiger partial charge in [-0.15, -0.1) is 0 Å². The van der Waals surface area contributed by atoms with Gasteiger partial charge in [-0.05, 0) is 24.6 Å². The third-order valence-corrected chi connectivity index (χ3v) is 5.12. The van der Waals surface area contributed by atoms with E-state index in [1.807, 2.05) is 24.3 Å². The summed E-state index contributed by atoms with van der Waals surface area (Å²) in [5, 5.41) is 10.6. The van der Waals surface area contributed by atoms with Crippen molar-refractivity contribution in [3.8, 4) is 28.7 Å². The maximum absolute atomic E-state index is 10.6. The predicted molar refractivity (Wildman–Crippen MR) is 102 cm³/mol. The number of ether oxygens (including phenoxy) is 5. The molecule has 0 spiro atoms. The normalized spacial score (nSPS) is 21.4. The molecule has 1 fully saturated rings. The first kappa shape index (κ1) is 18.7. The second-order valence-electron chi connectivity index (χ2n) is 6.92. The quantitative estimate of drug-likeness (QED) is 0.816. The maximum atomic E-state index is 10.6. The van der Waals surface area contributed by atoms with Crippen LogP contribution in [0.15, 0.2) is 36.4 Å². The van der Waals surface area contributed by atoms with Gasteiger partial charge in [-0.25, -0.2) is 0 Å². The van der Waals surface area contributed by atoms with Crippen LogP contribution in [0.4, 0.5) is 0 Å². The highest BCUT2D eigenvalue weighted by molar-refractivity contribution is 5.48. The van der Waals surface area contributed by atoms with Crippen LogP contribution in [-0.2, 0) is 6.54 Å². The topological polar surface area (TPSA) is 69.6 Å². The number of benzene rings is 2. The van der Waals surface area contributed by atoms with Crippen molar-refractivity contribution in [2.75, 3.05) is 34.1 Å². The van der Waals surface area contributed by atoms with Crippen molar-refractivity contribution < 1.29 is 28.8 Å². The van der Waals surface area contributed by atoms with E-state index in [0.29, 0.717) is 30.3 Å². The zero-order chi connectivity index (χ0) is 19.5. The third-order valence-electron chi connectivity index (χ3n) is 5.12. The molecular formula is C21H25NO6. The fourth-order valence-corrected chi connectivity index (χ4v) is 3.68. The summed E-state index contributed by atoms with van der Waals surface area (Å²) in [5.74, 6) is 3.49. The summed E-state index contributed by atoms with van der Waals surface area (Å²) in [5.41, 5.74) is 1.07. The molecule has 0 amide bonds. The summed E-state index contributed by atoms with van der Waals surface area (Å²) in [6.07, 6.45) is -0.131. The molecule has 0 aromatic heterocycles. The van der Waals surface area contributed by atoms with Crippen LogP contribution >= 0.6 is 0 Å². The smallest absolute Gasteiger partial charge is 0.231 e. The molecule has 2 aliphatic heterocycles. The first-order valence-electron chi connectivity index (χ1n) is 9.34. The molecule has 1 saturated heterocycles. The SMILES string of the molecule is COc1ccc(O[C@@H]2CCN(Cc3cccc4c3OCO4)C[C@H]2O)cc1OC. The number of piperidine rings is 1. The highest BCUT2D eigenvalue weighted by Gasteiger charge is 2.30. The Morgan fingerprint density at radius 3 is 2.75 bits per heavy atom. The Labute approximate surface area is 164 Å². The molecule has 0 bridgehead atoms. The first-order chi connectivity index (χ1) is 13.7. The summed E-state index contributed by atoms with van der Waals surface area (Å²) in [6.45, 7) is 2.31. The van der Waals surface area contributed by atoms with E-state index in [1.54, 1.807) is 26.4 Å². The Morgan fingerprint density at radius 2 is 1.96 bits per heavy atom. The van der Waals surface area contributed by atoms with Crippen LogP contribution in [0.25, 0.3) is 0 Å². The van der Waals surface area contributed by atoms with Crippen LogP contribution in [0.3, 0.4) is 0 Å². The van der Waals surface area contributed by atoms with E-state index in [0.717, 1.165) is 30.0 Å². The Hall–Kier alpha value is -2.64. The van der Waals surface area contributed by atoms with Crippen LogP contribution in [0.1, 0.15) is 12.0 Å². The number of methoxy groups -OCH3 is 2. The van der Waals surface area contributed by atoms with Gasteiger partial charge in [0.25, 0.3) is 0 Å². The van der Waals surface area contributed by atoms with Crippen molar-refractivity contribution in [2.45, 2.75) is 25.2 Å². The second-order valence-corrected chi connectivity index (χ2v) is 6.92. The van der Waals surface area contributed by atoms with Gasteiger partial charge in [-0.1, -0.05) is 12.1 Å². The summed E-state index contributed by atoms with van der Waals surface area (Å²) < 4.78 is 27.6. The van der Waals surface area contributed by atoms with Crippen molar-refractivity contribution in [2.24, 2.45) is 0 Å². The highest BCUT2D eigenvalue weighted by Crippen LogP contribution is 2.36. The number of hydrogen-bond donors (Lipinski definition) is 1. The second kappa shape index (κ2) is 8.16. The minimum absolute atomic E-state index is 0.260. The van der Waals surface area contributed by atoms with Crippen LogP contribution < -0.4 is 23.7 Å². The van der Waals surface area contributed by atoms with Gasteiger partial charge in [-0.3, -0.25) is 4.90 Å². The number of β-amino-alcohol motifs (C(OH)–C–C–N with tert-alkyl or cyclic N) is 1. The van der Waals surface area contributed by atoms with Gasteiger partial charge in [0.2, 0.25) is 6.79 Å². The Kier molecular flexibility index (Phi) is 5.45. The average molecular weight is 387 g/mol. The number of nitrogens with zero attached hydrogens (tertiary/aromatic N) is 1. The molecule has 4 rings (SSSR count). The zero-order valence-corrected chi connectivity index (χ0v) is 16.1. The molecule has 2 aliphatic rings. The Morgan fingerprint density at radius 1 is 1.11 bits per heavy atom. The van der Waals surface area contributed by atoms with E-state index in [2.05, 4.69) is 4.90 Å². The van der Waals surface area contributed by atoms with Crippen LogP contribution in [0, 0.1) is 0 Å². The van der Waals surface area contributed by atoms with Gasteiger partial charge in [0.05, 0.1) is 14.2 Å². The Balaban J connectivity index is 1.37. The van der Waals surface area contributed by atoms with E-state index in [-0.39, 0.29) is 12.9 Å². The van der Waals surface area contributed by atoms with Gasteiger partial charge in [-0.2, -0.15) is 0 Å². The number of likely N-dealkylation sites (tertiary alicyclic amines) is 1. The number of aliphatic hydroxyl groups is 1. The van der Waals surface area contributed by atoms with Crippen LogP contribution in [0.5, 0.6) is 28.7 Å². The van der Waals surface area contributed by atoms with Gasteiger partial charge in [0.1, 0.15) is 18.0 Å². The standard InChI is InChI=1S/C21H25NO6/c1-24-18-7-6-15(10-20(18)25-2)28-17-8-9-22(12-16(17)23)11-14-4-3-5-19-21(14)27-13-26-19/h3-7,10,16-17,23H,8-9,11-13H2,1-2H3/t16-,17-/m1/s1. The number of fused-ring (bicyclic) bond motifs is 1. The number of rotatable bonds is 6. The fraction of sp³-hybridized carbons (Fsp3) is 0.429. The molecule has 0 unspecified atom stereocenters. The van der Waals surface area contributed by atoms with Crippen molar-refractivity contribution in [3.63, 3.8) is 0 Å². The molecule has 28 heavy (non-hydrogen) atoms.